The fourth-order valence-corrected chi connectivity index (χ4v) is 3.62. The minimum Gasteiger partial charge on any atom is -0.467 e. The molecule has 32 heavy (non-hydrogen) atoms. The topological polar surface area (TPSA) is 81.5 Å². The van der Waals surface area contributed by atoms with E-state index in [1.807, 2.05) is 5.01 Å². The molecule has 0 aliphatic carbocycles. The average molecular weight is 449 g/mol. The first-order valence-electron chi connectivity index (χ1n) is 10.0. The molecule has 1 aliphatic rings. The molecule has 11 heteroatoms. The van der Waals surface area contributed by atoms with Gasteiger partial charge >= 0.3 is 6.01 Å². The molecular weight excluding hydrogens is 427 g/mol. The second-order valence-corrected chi connectivity index (χ2v) is 7.30. The second kappa shape index (κ2) is 9.03. The summed E-state index contributed by atoms with van der Waals surface area (Å²) < 4.78 is 52.8. The van der Waals surface area contributed by atoms with Crippen molar-refractivity contribution in [3.63, 3.8) is 0 Å². The van der Waals surface area contributed by atoms with Crippen LogP contribution in [-0.2, 0) is 4.74 Å². The molecule has 2 aromatic heterocycles. The van der Waals surface area contributed by atoms with Crippen LogP contribution in [0, 0.1) is 5.82 Å². The lowest BCUT2D eigenvalue weighted by Gasteiger charge is -2.30. The molecule has 1 fully saturated rings. The molecular formula is C21H22F3N5O3. The summed E-state index contributed by atoms with van der Waals surface area (Å²) in [5.41, 5.74) is -0.546. The lowest BCUT2D eigenvalue weighted by molar-refractivity contribution is 0.111. The van der Waals surface area contributed by atoms with Gasteiger partial charge in [-0.05, 0) is 6.92 Å². The largest absolute Gasteiger partial charge is 0.467 e. The van der Waals surface area contributed by atoms with E-state index in [9.17, 15) is 18.0 Å². The van der Waals surface area contributed by atoms with Crippen molar-refractivity contribution in [1.82, 2.24) is 14.6 Å². The van der Waals surface area contributed by atoms with Crippen LogP contribution in [0.25, 0.3) is 10.9 Å². The molecule has 3 heterocycles. The van der Waals surface area contributed by atoms with Crippen LogP contribution in [0.1, 0.15) is 30.5 Å². The molecule has 1 unspecified atom stereocenters. The van der Waals surface area contributed by atoms with E-state index in [-0.39, 0.29) is 23.0 Å². The van der Waals surface area contributed by atoms with Crippen molar-refractivity contribution in [3.05, 3.63) is 57.8 Å². The van der Waals surface area contributed by atoms with Crippen molar-refractivity contribution >= 4 is 16.7 Å². The Morgan fingerprint density at radius 1 is 1.19 bits per heavy atom. The molecule has 8 nitrogen and oxygen atoms in total. The van der Waals surface area contributed by atoms with Crippen molar-refractivity contribution in [3.8, 4) is 6.01 Å². The van der Waals surface area contributed by atoms with Gasteiger partial charge in [0.15, 0.2) is 0 Å². The van der Waals surface area contributed by atoms with Crippen LogP contribution in [0.2, 0.25) is 0 Å². The van der Waals surface area contributed by atoms with Crippen LogP contribution in [0.4, 0.5) is 19.0 Å². The van der Waals surface area contributed by atoms with Gasteiger partial charge in [0.2, 0.25) is 0 Å². The van der Waals surface area contributed by atoms with E-state index in [0.29, 0.717) is 37.2 Å². The lowest BCUT2D eigenvalue weighted by atomic mass is 10.0. The minimum absolute atomic E-state index is 0.0116. The van der Waals surface area contributed by atoms with E-state index in [2.05, 4.69) is 15.3 Å². The number of hydrogen-bond donors (Lipinski definition) is 1. The molecule has 1 atom stereocenters. The van der Waals surface area contributed by atoms with Gasteiger partial charge in [0.05, 0.1) is 55.9 Å². The monoisotopic (exact) mass is 449 g/mol. The molecule has 1 N–H and O–H groups in total. The van der Waals surface area contributed by atoms with Gasteiger partial charge in [-0.15, -0.1) is 0 Å². The van der Waals surface area contributed by atoms with Gasteiger partial charge in [-0.2, -0.15) is 9.97 Å². The Kier molecular flexibility index (Phi) is 6.17. The van der Waals surface area contributed by atoms with Gasteiger partial charge in [-0.25, -0.2) is 17.8 Å². The average Bonchev–Trinajstić information content (AvgIpc) is 2.78. The van der Waals surface area contributed by atoms with E-state index in [1.54, 1.807) is 13.1 Å². The predicted octanol–water partition coefficient (Wildman–Crippen LogP) is 3.02. The first-order valence-corrected chi connectivity index (χ1v) is 10.0. The number of hydrogen-bond acceptors (Lipinski definition) is 7. The Balaban J connectivity index is 1.77. The van der Waals surface area contributed by atoms with Crippen LogP contribution < -0.4 is 20.6 Å². The number of pyridine rings is 1. The van der Waals surface area contributed by atoms with E-state index >= 15 is 0 Å². The summed E-state index contributed by atoms with van der Waals surface area (Å²) in [6.45, 7) is 3.68. The number of nitrogens with one attached hydrogen (secondary N) is 1. The summed E-state index contributed by atoms with van der Waals surface area (Å²) in [4.78, 5) is 21.2. The van der Waals surface area contributed by atoms with Gasteiger partial charge in [0, 0.05) is 17.8 Å². The third-order valence-electron chi connectivity index (χ3n) is 5.28. The van der Waals surface area contributed by atoms with Gasteiger partial charge in [-0.3, -0.25) is 4.79 Å². The Bertz CT molecular complexity index is 1180. The first-order chi connectivity index (χ1) is 15.4. The number of halogens is 3. The summed E-state index contributed by atoms with van der Waals surface area (Å²) in [7, 11) is 1.38. The zero-order valence-electron chi connectivity index (χ0n) is 17.5. The number of aromatic nitrogens is 3. The van der Waals surface area contributed by atoms with Gasteiger partial charge in [-0.1, -0.05) is 18.2 Å². The molecule has 1 aliphatic heterocycles. The van der Waals surface area contributed by atoms with Crippen molar-refractivity contribution in [2.24, 2.45) is 0 Å². The summed E-state index contributed by atoms with van der Waals surface area (Å²) >= 11 is 0. The van der Waals surface area contributed by atoms with Crippen LogP contribution in [0.5, 0.6) is 6.01 Å². The molecule has 3 aromatic rings. The highest BCUT2D eigenvalue weighted by atomic mass is 19.3. The minimum atomic E-state index is -2.93. The van der Waals surface area contributed by atoms with Gasteiger partial charge in [0.1, 0.15) is 11.6 Å². The molecule has 1 saturated heterocycles. The fourth-order valence-electron chi connectivity index (χ4n) is 3.62. The zero-order chi connectivity index (χ0) is 22.8. The van der Waals surface area contributed by atoms with Crippen molar-refractivity contribution < 1.29 is 22.6 Å². The Hall–Kier alpha value is -3.34. The highest BCUT2D eigenvalue weighted by molar-refractivity contribution is 5.88. The number of rotatable bonds is 6. The molecule has 0 bridgehead atoms. The van der Waals surface area contributed by atoms with Crippen molar-refractivity contribution in [2.45, 2.75) is 19.4 Å². The number of fused-ring (bicyclic) bond motifs is 1. The van der Waals surface area contributed by atoms with Crippen molar-refractivity contribution in [2.75, 3.05) is 43.7 Å². The summed E-state index contributed by atoms with van der Waals surface area (Å²) in [5, 5.41) is 5.39. The Morgan fingerprint density at radius 2 is 1.91 bits per heavy atom. The number of ether oxygens (including phenoxy) is 2. The number of methoxy groups -OCH3 is 1. The Labute approximate surface area is 181 Å². The van der Waals surface area contributed by atoms with Gasteiger partial charge < -0.3 is 19.8 Å². The second-order valence-electron chi connectivity index (χ2n) is 7.30. The van der Waals surface area contributed by atoms with E-state index < -0.39 is 23.8 Å². The summed E-state index contributed by atoms with van der Waals surface area (Å²) in [5.74, 6) is -0.693. The maximum atomic E-state index is 14.7. The highest BCUT2D eigenvalue weighted by Gasteiger charge is 2.21. The van der Waals surface area contributed by atoms with Crippen LogP contribution in [-0.4, -0.2) is 48.1 Å². The standard InChI is InChI=1S/C21H22F3N5O3/c1-12(13-4-3-5-14(18(13)22)19(23)24)25-20-15-11-29(28-6-8-32-9-7-28)17(30)10-16(15)26-21(27-20)31-2/h3-5,10-12,19H,6-9H2,1-2H3,(H,25,26,27). The lowest BCUT2D eigenvalue weighted by Crippen LogP contribution is -2.48. The number of nitrogens with zero attached hydrogens (tertiary/aromatic N) is 4. The molecule has 0 amide bonds. The molecule has 170 valence electrons. The van der Waals surface area contributed by atoms with E-state index in [0.717, 1.165) is 6.07 Å². The third-order valence-corrected chi connectivity index (χ3v) is 5.28. The SMILES string of the molecule is COc1nc(NC(C)c2cccc(C(F)F)c2F)c2cn(N3CCOCC3)c(=O)cc2n1. The fraction of sp³-hybridized carbons (Fsp3) is 0.381. The molecule has 1 aromatic carbocycles. The molecule has 4 rings (SSSR count). The van der Waals surface area contributed by atoms with Crippen LogP contribution in [0.3, 0.4) is 0 Å². The molecule has 0 spiro atoms. The number of benzene rings is 1. The number of alkyl halides is 2. The van der Waals surface area contributed by atoms with Crippen LogP contribution in [0.15, 0.2) is 35.3 Å². The number of morpholine rings is 1. The maximum Gasteiger partial charge on any atom is 0.318 e. The summed E-state index contributed by atoms with van der Waals surface area (Å²) in [6, 6.07) is 4.54. The smallest absolute Gasteiger partial charge is 0.318 e. The maximum absolute atomic E-state index is 14.7. The summed E-state index contributed by atoms with van der Waals surface area (Å²) in [6.07, 6.45) is -1.33. The van der Waals surface area contributed by atoms with E-state index in [1.165, 1.54) is 30.0 Å². The zero-order valence-corrected chi connectivity index (χ0v) is 17.5. The molecule has 0 radical (unpaired) electrons. The van der Waals surface area contributed by atoms with Crippen LogP contribution >= 0.6 is 0 Å². The quantitative estimate of drug-likeness (QED) is 0.620. The van der Waals surface area contributed by atoms with Gasteiger partial charge in [0.25, 0.3) is 12.0 Å². The number of anilines is 1. The predicted molar refractivity (Wildman–Crippen MR) is 113 cm³/mol. The van der Waals surface area contributed by atoms with E-state index in [4.69, 9.17) is 9.47 Å². The first kappa shape index (κ1) is 21.9. The third kappa shape index (κ3) is 4.20. The molecule has 0 saturated carbocycles. The highest BCUT2D eigenvalue weighted by Crippen LogP contribution is 2.30. The van der Waals surface area contributed by atoms with Crippen molar-refractivity contribution in [1.29, 1.82) is 0 Å². The Morgan fingerprint density at radius 3 is 2.59 bits per heavy atom. The normalized spacial score (nSPS) is 15.2.